The number of nitrogens with zero attached hydrogens (tertiary/aromatic N) is 2. The highest BCUT2D eigenvalue weighted by atomic mass is 16.5. The highest BCUT2D eigenvalue weighted by molar-refractivity contribution is 6.39. The van der Waals surface area contributed by atoms with E-state index in [0.29, 0.717) is 23.7 Å². The van der Waals surface area contributed by atoms with Crippen LogP contribution >= 0.6 is 0 Å². The Morgan fingerprint density at radius 2 is 1.87 bits per heavy atom. The van der Waals surface area contributed by atoms with Crippen LogP contribution in [-0.4, -0.2) is 65.2 Å². The van der Waals surface area contributed by atoms with Crippen molar-refractivity contribution in [3.8, 4) is 11.5 Å². The smallest absolute Gasteiger partial charge is 0.313 e. The Labute approximate surface area is 183 Å². The van der Waals surface area contributed by atoms with Crippen molar-refractivity contribution in [3.05, 3.63) is 47.5 Å². The lowest BCUT2D eigenvalue weighted by Gasteiger charge is -2.26. The fourth-order valence-corrected chi connectivity index (χ4v) is 3.74. The van der Waals surface area contributed by atoms with Gasteiger partial charge in [-0.05, 0) is 49.8 Å². The van der Waals surface area contributed by atoms with Gasteiger partial charge in [-0.15, -0.1) is 0 Å². The first kappa shape index (κ1) is 22.4. The highest BCUT2D eigenvalue weighted by Crippen LogP contribution is 2.31. The van der Waals surface area contributed by atoms with Crippen molar-refractivity contribution in [1.29, 1.82) is 0 Å². The summed E-state index contributed by atoms with van der Waals surface area (Å²) in [5.41, 5.74) is 4.06. The average molecular weight is 427 g/mol. The van der Waals surface area contributed by atoms with Gasteiger partial charge < -0.3 is 29.9 Å². The van der Waals surface area contributed by atoms with Crippen molar-refractivity contribution in [3.63, 3.8) is 0 Å². The zero-order valence-electron chi connectivity index (χ0n) is 18.7. The maximum absolute atomic E-state index is 12.4. The lowest BCUT2D eigenvalue weighted by atomic mass is 10.0. The summed E-state index contributed by atoms with van der Waals surface area (Å²) in [7, 11) is 9.03. The normalized spacial score (nSPS) is 13.5. The van der Waals surface area contributed by atoms with Gasteiger partial charge in [-0.2, -0.15) is 0 Å². The van der Waals surface area contributed by atoms with Crippen molar-refractivity contribution in [1.82, 2.24) is 10.2 Å². The number of likely N-dealkylation sites (N-methyl/N-ethyl adjacent to an activating group) is 2. The topological polar surface area (TPSA) is 83.1 Å². The number of nitrogens with one attached hydrogen (secondary N) is 2. The molecule has 1 aliphatic rings. The number of hydrogen-bond donors (Lipinski definition) is 2. The maximum atomic E-state index is 12.4. The van der Waals surface area contributed by atoms with E-state index in [0.717, 1.165) is 18.5 Å². The summed E-state index contributed by atoms with van der Waals surface area (Å²) in [5, 5.41) is 5.34. The molecule has 8 heteroatoms. The van der Waals surface area contributed by atoms with Crippen LogP contribution in [0.3, 0.4) is 0 Å². The fourth-order valence-electron chi connectivity index (χ4n) is 3.74. The third-order valence-electron chi connectivity index (χ3n) is 5.56. The van der Waals surface area contributed by atoms with Gasteiger partial charge in [-0.1, -0.05) is 12.1 Å². The van der Waals surface area contributed by atoms with Gasteiger partial charge in [0.05, 0.1) is 25.9 Å². The number of carbonyl (C=O) groups is 2. The number of benzene rings is 2. The average Bonchev–Trinajstić information content (AvgIpc) is 3.13. The van der Waals surface area contributed by atoms with E-state index in [9.17, 15) is 9.59 Å². The zero-order chi connectivity index (χ0) is 22.5. The predicted octanol–water partition coefficient (Wildman–Crippen LogP) is 2.05. The molecule has 2 N–H and O–H groups in total. The number of carbonyl (C=O) groups excluding carboxylic acids is 2. The molecule has 0 spiro atoms. The minimum atomic E-state index is -0.753. The molecule has 0 fully saturated rings. The molecular weight excluding hydrogens is 396 g/mol. The van der Waals surface area contributed by atoms with E-state index in [4.69, 9.17) is 9.47 Å². The van der Waals surface area contributed by atoms with Gasteiger partial charge in [0, 0.05) is 31.9 Å². The van der Waals surface area contributed by atoms with E-state index in [2.05, 4.69) is 40.8 Å². The lowest BCUT2D eigenvalue weighted by Crippen LogP contribution is -2.40. The van der Waals surface area contributed by atoms with Crippen LogP contribution in [0.15, 0.2) is 36.4 Å². The molecule has 0 bridgehead atoms. The third kappa shape index (κ3) is 5.08. The molecule has 0 aliphatic carbocycles. The molecule has 1 heterocycles. The first-order valence-corrected chi connectivity index (χ1v) is 10.2. The number of anilines is 2. The van der Waals surface area contributed by atoms with Gasteiger partial charge in [0.15, 0.2) is 0 Å². The van der Waals surface area contributed by atoms with Crippen LogP contribution in [0.1, 0.15) is 17.2 Å². The van der Waals surface area contributed by atoms with Crippen LogP contribution in [0, 0.1) is 0 Å². The van der Waals surface area contributed by atoms with Gasteiger partial charge in [-0.3, -0.25) is 9.59 Å². The first-order valence-electron chi connectivity index (χ1n) is 10.2. The number of methoxy groups -OCH3 is 2. The Morgan fingerprint density at radius 1 is 1.10 bits per heavy atom. The molecule has 0 aromatic heterocycles. The summed E-state index contributed by atoms with van der Waals surface area (Å²) < 4.78 is 10.4. The second-order valence-electron chi connectivity index (χ2n) is 7.77. The lowest BCUT2D eigenvalue weighted by molar-refractivity contribution is -0.136. The molecule has 3 rings (SSSR count). The van der Waals surface area contributed by atoms with E-state index < -0.39 is 11.8 Å². The molecule has 0 saturated heterocycles. The summed E-state index contributed by atoms with van der Waals surface area (Å²) in [4.78, 5) is 29.1. The van der Waals surface area contributed by atoms with Crippen LogP contribution < -0.4 is 25.0 Å². The molecule has 2 amide bonds. The Morgan fingerprint density at radius 3 is 2.55 bits per heavy atom. The van der Waals surface area contributed by atoms with Crippen LogP contribution in [0.4, 0.5) is 11.4 Å². The number of hydrogen-bond acceptors (Lipinski definition) is 6. The van der Waals surface area contributed by atoms with Crippen LogP contribution in [-0.2, 0) is 16.0 Å². The van der Waals surface area contributed by atoms with Crippen molar-refractivity contribution >= 4 is 23.2 Å². The second-order valence-corrected chi connectivity index (χ2v) is 7.77. The molecule has 0 saturated carbocycles. The van der Waals surface area contributed by atoms with Crippen LogP contribution in [0.2, 0.25) is 0 Å². The highest BCUT2D eigenvalue weighted by Gasteiger charge is 2.22. The van der Waals surface area contributed by atoms with Crippen molar-refractivity contribution in [2.24, 2.45) is 0 Å². The molecule has 1 aliphatic heterocycles. The van der Waals surface area contributed by atoms with Gasteiger partial charge in [0.2, 0.25) is 0 Å². The minimum absolute atomic E-state index is 0.0523. The molecule has 0 unspecified atom stereocenters. The summed E-state index contributed by atoms with van der Waals surface area (Å²) in [6.45, 7) is 1.32. The maximum Gasteiger partial charge on any atom is 0.313 e. The van der Waals surface area contributed by atoms with Gasteiger partial charge >= 0.3 is 11.8 Å². The molecule has 8 nitrogen and oxygen atoms in total. The van der Waals surface area contributed by atoms with E-state index in [1.54, 1.807) is 25.3 Å². The minimum Gasteiger partial charge on any atom is -0.497 e. The van der Waals surface area contributed by atoms with Crippen molar-refractivity contribution in [2.45, 2.75) is 12.5 Å². The van der Waals surface area contributed by atoms with E-state index in [-0.39, 0.29) is 6.04 Å². The SMILES string of the molecule is COc1ccc(NC(=O)C(=O)NC[C@H](c2ccc3c(c2)CCN3C)N(C)C)c(OC)c1. The number of fused-ring (bicyclic) bond motifs is 1. The van der Waals surface area contributed by atoms with Gasteiger partial charge in [-0.25, -0.2) is 0 Å². The second kappa shape index (κ2) is 9.70. The fraction of sp³-hybridized carbons (Fsp3) is 0.391. The predicted molar refractivity (Wildman–Crippen MR) is 121 cm³/mol. The van der Waals surface area contributed by atoms with Gasteiger partial charge in [0.25, 0.3) is 0 Å². The molecule has 2 aromatic carbocycles. The number of amides is 2. The van der Waals surface area contributed by atoms with Crippen molar-refractivity contribution in [2.75, 3.05) is 58.7 Å². The molecule has 1 atom stereocenters. The Hall–Kier alpha value is -3.26. The summed E-state index contributed by atoms with van der Waals surface area (Å²) in [6.07, 6.45) is 1.01. The van der Waals surface area contributed by atoms with E-state index in [1.165, 1.54) is 18.4 Å². The Balaban J connectivity index is 1.65. The van der Waals surface area contributed by atoms with E-state index >= 15 is 0 Å². The quantitative estimate of drug-likeness (QED) is 0.660. The Kier molecular flexibility index (Phi) is 7.02. The van der Waals surface area contributed by atoms with Crippen LogP contribution in [0.5, 0.6) is 11.5 Å². The summed E-state index contributed by atoms with van der Waals surface area (Å²) >= 11 is 0. The number of rotatable bonds is 7. The zero-order valence-corrected chi connectivity index (χ0v) is 18.7. The van der Waals surface area contributed by atoms with Gasteiger partial charge in [0.1, 0.15) is 11.5 Å². The molecule has 31 heavy (non-hydrogen) atoms. The third-order valence-corrected chi connectivity index (χ3v) is 5.56. The Bertz CT molecular complexity index is 961. The van der Waals surface area contributed by atoms with Crippen molar-refractivity contribution < 1.29 is 19.1 Å². The monoisotopic (exact) mass is 426 g/mol. The molecule has 0 radical (unpaired) electrons. The first-order chi connectivity index (χ1) is 14.8. The number of ether oxygens (including phenoxy) is 2. The summed E-state index contributed by atoms with van der Waals surface area (Å²) in [6, 6.07) is 11.3. The van der Waals surface area contributed by atoms with E-state index in [1.807, 2.05) is 19.0 Å². The van der Waals surface area contributed by atoms with Crippen LogP contribution in [0.25, 0.3) is 0 Å². The largest absolute Gasteiger partial charge is 0.497 e. The molecule has 2 aromatic rings. The standard InChI is InChI=1S/C23H30N4O4/c1-26(2)20(15-6-9-19-16(12-15)10-11-27(19)3)14-24-22(28)23(29)25-18-8-7-17(30-4)13-21(18)31-5/h6-9,12-13,20H,10-11,14H2,1-5H3,(H,24,28)(H,25,29)/t20-/m1/s1. The summed E-state index contributed by atoms with van der Waals surface area (Å²) in [5.74, 6) is -0.453. The molecular formula is C23H30N4O4. The molecule has 166 valence electrons.